The quantitative estimate of drug-likeness (QED) is 0.675. The summed E-state index contributed by atoms with van der Waals surface area (Å²) in [5, 5.41) is 0. The Labute approximate surface area is 75.0 Å². The molecule has 1 heterocycles. The first-order valence-corrected chi connectivity index (χ1v) is 4.23. The second kappa shape index (κ2) is 4.28. The molecule has 5 heteroatoms. The molecule has 0 aromatic carbocycles. The van der Waals surface area contributed by atoms with Crippen LogP contribution in [0.2, 0.25) is 0 Å². The fourth-order valence-electron chi connectivity index (χ4n) is 1.61. The van der Waals surface area contributed by atoms with Crippen LogP contribution in [0.3, 0.4) is 0 Å². The molecule has 1 saturated heterocycles. The molecule has 1 aliphatic rings. The van der Waals surface area contributed by atoms with Gasteiger partial charge < -0.3 is 9.47 Å². The van der Waals surface area contributed by atoms with Crippen LogP contribution in [0.4, 0.5) is 13.2 Å². The van der Waals surface area contributed by atoms with Gasteiger partial charge in [-0.05, 0) is 18.8 Å². The molecular weight excluding hydrogens is 185 g/mol. The third-order valence-corrected chi connectivity index (χ3v) is 2.27. The van der Waals surface area contributed by atoms with Crippen LogP contribution in [-0.2, 0) is 9.47 Å². The van der Waals surface area contributed by atoms with Crippen molar-refractivity contribution in [2.24, 2.45) is 5.92 Å². The summed E-state index contributed by atoms with van der Waals surface area (Å²) < 4.78 is 46.5. The lowest BCUT2D eigenvalue weighted by Gasteiger charge is -2.30. The number of alkyl halides is 3. The zero-order chi connectivity index (χ0) is 9.90. The van der Waals surface area contributed by atoms with Crippen molar-refractivity contribution < 1.29 is 22.6 Å². The lowest BCUT2D eigenvalue weighted by Crippen LogP contribution is -2.40. The van der Waals surface area contributed by atoms with E-state index in [1.807, 2.05) is 0 Å². The van der Waals surface area contributed by atoms with E-state index in [0.717, 1.165) is 7.11 Å². The van der Waals surface area contributed by atoms with Crippen LogP contribution in [-0.4, -0.2) is 32.6 Å². The van der Waals surface area contributed by atoms with E-state index in [1.165, 1.54) is 0 Å². The van der Waals surface area contributed by atoms with Crippen LogP contribution in [0.1, 0.15) is 12.8 Å². The van der Waals surface area contributed by atoms with Crippen molar-refractivity contribution in [2.75, 3.05) is 20.3 Å². The molecule has 0 spiro atoms. The van der Waals surface area contributed by atoms with E-state index < -0.39 is 18.2 Å². The highest BCUT2D eigenvalue weighted by molar-refractivity contribution is 4.78. The van der Waals surface area contributed by atoms with E-state index in [1.54, 1.807) is 0 Å². The third kappa shape index (κ3) is 2.84. The van der Waals surface area contributed by atoms with Gasteiger partial charge in [0.1, 0.15) is 0 Å². The van der Waals surface area contributed by atoms with Gasteiger partial charge in [-0.2, -0.15) is 13.2 Å². The van der Waals surface area contributed by atoms with E-state index in [-0.39, 0.29) is 0 Å². The van der Waals surface area contributed by atoms with Gasteiger partial charge in [0.05, 0.1) is 0 Å². The van der Waals surface area contributed by atoms with Crippen LogP contribution in [0.5, 0.6) is 0 Å². The Bertz CT molecular complexity index is 152. The Kier molecular flexibility index (Phi) is 3.55. The first-order chi connectivity index (χ1) is 6.05. The fourth-order valence-corrected chi connectivity index (χ4v) is 1.61. The molecule has 0 saturated carbocycles. The van der Waals surface area contributed by atoms with Gasteiger partial charge >= 0.3 is 6.18 Å². The Balaban J connectivity index is 2.54. The highest BCUT2D eigenvalue weighted by Gasteiger charge is 2.45. The number of halogens is 3. The van der Waals surface area contributed by atoms with Crippen molar-refractivity contribution in [3.05, 3.63) is 0 Å². The van der Waals surface area contributed by atoms with E-state index in [9.17, 15) is 13.2 Å². The van der Waals surface area contributed by atoms with Gasteiger partial charge in [-0.1, -0.05) is 0 Å². The molecule has 0 amide bonds. The molecule has 1 fully saturated rings. The average molecular weight is 198 g/mol. The second-order valence-corrected chi connectivity index (χ2v) is 3.15. The monoisotopic (exact) mass is 198 g/mol. The van der Waals surface area contributed by atoms with Gasteiger partial charge in [0, 0.05) is 20.3 Å². The molecule has 0 radical (unpaired) electrons. The average Bonchev–Trinajstić information content (AvgIpc) is 2.05. The van der Waals surface area contributed by atoms with Crippen LogP contribution in [0, 0.1) is 5.92 Å². The summed E-state index contributed by atoms with van der Waals surface area (Å²) in [5.74, 6) is -0.446. The first kappa shape index (κ1) is 10.8. The van der Waals surface area contributed by atoms with Crippen molar-refractivity contribution in [3.63, 3.8) is 0 Å². The summed E-state index contributed by atoms with van der Waals surface area (Å²) in [6.07, 6.45) is -5.02. The van der Waals surface area contributed by atoms with Gasteiger partial charge in [0.15, 0.2) is 6.10 Å². The van der Waals surface area contributed by atoms with Gasteiger partial charge in [-0.3, -0.25) is 0 Å². The maximum atomic E-state index is 12.3. The van der Waals surface area contributed by atoms with Crippen LogP contribution < -0.4 is 0 Å². The molecule has 13 heavy (non-hydrogen) atoms. The van der Waals surface area contributed by atoms with Crippen LogP contribution in [0.15, 0.2) is 0 Å². The standard InChI is InChI=1S/C8H13F3O2/c1-12-7(8(9,10)11)6-2-4-13-5-3-6/h6-7H,2-5H2,1H3/t7-/m0/s1. The fraction of sp³-hybridized carbons (Fsp3) is 1.00. The van der Waals surface area contributed by atoms with E-state index in [2.05, 4.69) is 4.74 Å². The molecule has 0 N–H and O–H groups in total. The van der Waals surface area contributed by atoms with E-state index in [0.29, 0.717) is 26.1 Å². The highest BCUT2D eigenvalue weighted by Crippen LogP contribution is 2.32. The maximum Gasteiger partial charge on any atom is 0.414 e. The van der Waals surface area contributed by atoms with Gasteiger partial charge in [-0.15, -0.1) is 0 Å². The van der Waals surface area contributed by atoms with Gasteiger partial charge in [0.2, 0.25) is 0 Å². The van der Waals surface area contributed by atoms with Crippen molar-refractivity contribution in [2.45, 2.75) is 25.1 Å². The van der Waals surface area contributed by atoms with Crippen LogP contribution >= 0.6 is 0 Å². The normalized spacial score (nSPS) is 23.1. The Morgan fingerprint density at radius 3 is 2.23 bits per heavy atom. The minimum Gasteiger partial charge on any atom is -0.381 e. The summed E-state index contributed by atoms with van der Waals surface area (Å²) in [6, 6.07) is 0. The minimum absolute atomic E-state index is 0.403. The summed E-state index contributed by atoms with van der Waals surface area (Å²) in [4.78, 5) is 0. The zero-order valence-electron chi connectivity index (χ0n) is 7.43. The highest BCUT2D eigenvalue weighted by atomic mass is 19.4. The van der Waals surface area contributed by atoms with Crippen molar-refractivity contribution in [3.8, 4) is 0 Å². The number of ether oxygens (including phenoxy) is 2. The Morgan fingerprint density at radius 1 is 1.31 bits per heavy atom. The third-order valence-electron chi connectivity index (χ3n) is 2.27. The van der Waals surface area contributed by atoms with Crippen molar-refractivity contribution in [1.29, 1.82) is 0 Å². The predicted octanol–water partition coefficient (Wildman–Crippen LogP) is 1.99. The molecule has 0 bridgehead atoms. The molecule has 0 unspecified atom stereocenters. The first-order valence-electron chi connectivity index (χ1n) is 4.23. The molecule has 1 aliphatic heterocycles. The van der Waals surface area contributed by atoms with Gasteiger partial charge in [-0.25, -0.2) is 0 Å². The SMILES string of the molecule is CO[C@@H](C1CCOCC1)C(F)(F)F. The number of rotatable bonds is 2. The molecule has 78 valence electrons. The summed E-state index contributed by atoms with van der Waals surface area (Å²) >= 11 is 0. The molecule has 0 aromatic heterocycles. The number of methoxy groups -OCH3 is 1. The summed E-state index contributed by atoms with van der Waals surface area (Å²) in [7, 11) is 1.10. The maximum absolute atomic E-state index is 12.3. The molecule has 1 rings (SSSR count). The molecule has 1 atom stereocenters. The Morgan fingerprint density at radius 2 is 1.85 bits per heavy atom. The number of hydrogen-bond donors (Lipinski definition) is 0. The zero-order valence-corrected chi connectivity index (χ0v) is 7.43. The largest absolute Gasteiger partial charge is 0.414 e. The second-order valence-electron chi connectivity index (χ2n) is 3.15. The van der Waals surface area contributed by atoms with E-state index in [4.69, 9.17) is 4.74 Å². The minimum atomic E-state index is -4.25. The molecular formula is C8H13F3O2. The molecule has 2 nitrogen and oxygen atoms in total. The topological polar surface area (TPSA) is 18.5 Å². The Hall–Kier alpha value is -0.290. The molecule has 0 aliphatic carbocycles. The van der Waals surface area contributed by atoms with Gasteiger partial charge in [0.25, 0.3) is 0 Å². The summed E-state index contributed by atoms with van der Waals surface area (Å²) in [6.45, 7) is 0.807. The lowest BCUT2D eigenvalue weighted by molar-refractivity contribution is -0.234. The van der Waals surface area contributed by atoms with Crippen molar-refractivity contribution in [1.82, 2.24) is 0 Å². The molecule has 0 aromatic rings. The smallest absolute Gasteiger partial charge is 0.381 e. The van der Waals surface area contributed by atoms with Crippen LogP contribution in [0.25, 0.3) is 0 Å². The van der Waals surface area contributed by atoms with E-state index >= 15 is 0 Å². The number of hydrogen-bond acceptors (Lipinski definition) is 2. The summed E-state index contributed by atoms with van der Waals surface area (Å²) in [5.41, 5.74) is 0. The lowest BCUT2D eigenvalue weighted by atomic mass is 9.93. The predicted molar refractivity (Wildman–Crippen MR) is 40.4 cm³/mol. The van der Waals surface area contributed by atoms with Crippen molar-refractivity contribution >= 4 is 0 Å².